The van der Waals surface area contributed by atoms with Gasteiger partial charge < -0.3 is 16.0 Å². The van der Waals surface area contributed by atoms with E-state index in [2.05, 4.69) is 29.1 Å². The van der Waals surface area contributed by atoms with Crippen LogP contribution in [0.2, 0.25) is 0 Å². The summed E-state index contributed by atoms with van der Waals surface area (Å²) in [5.74, 6) is 1.47. The van der Waals surface area contributed by atoms with Gasteiger partial charge in [-0.1, -0.05) is 20.3 Å². The van der Waals surface area contributed by atoms with Crippen molar-refractivity contribution in [3.05, 3.63) is 18.2 Å². The van der Waals surface area contributed by atoms with E-state index in [1.807, 2.05) is 18.2 Å². The van der Waals surface area contributed by atoms with E-state index in [1.165, 1.54) is 6.42 Å². The van der Waals surface area contributed by atoms with Crippen LogP contribution < -0.4 is 11.1 Å². The maximum absolute atomic E-state index is 5.71. The van der Waals surface area contributed by atoms with Crippen molar-refractivity contribution in [1.82, 2.24) is 9.97 Å². The fourth-order valence-electron chi connectivity index (χ4n) is 1.53. The van der Waals surface area contributed by atoms with Gasteiger partial charge in [-0.2, -0.15) is 0 Å². The minimum absolute atomic E-state index is 0.651. The summed E-state index contributed by atoms with van der Waals surface area (Å²) in [6, 6.07) is 5.69. The molecule has 1 aromatic carbocycles. The predicted molar refractivity (Wildman–Crippen MR) is 68.5 cm³/mol. The third-order valence-corrected chi connectivity index (χ3v) is 2.82. The smallest absolute Gasteiger partial charge is 0.201 e. The van der Waals surface area contributed by atoms with Gasteiger partial charge in [0, 0.05) is 12.2 Å². The summed E-state index contributed by atoms with van der Waals surface area (Å²) in [7, 11) is 0. The molecule has 1 heterocycles. The lowest BCUT2D eigenvalue weighted by molar-refractivity contribution is 0.592. The van der Waals surface area contributed by atoms with Gasteiger partial charge in [0.15, 0.2) is 0 Å². The average molecular weight is 218 g/mol. The molecule has 4 N–H and O–H groups in total. The summed E-state index contributed by atoms with van der Waals surface area (Å²) in [4.78, 5) is 7.65. The zero-order valence-corrected chi connectivity index (χ0v) is 9.75. The molecule has 0 saturated carbocycles. The molecule has 4 nitrogen and oxygen atoms in total. The zero-order valence-electron chi connectivity index (χ0n) is 9.75. The summed E-state index contributed by atoms with van der Waals surface area (Å²) in [6.45, 7) is 5.34. The number of nitrogens with zero attached hydrogens (tertiary/aromatic N) is 1. The van der Waals surface area contributed by atoms with Crippen LogP contribution in [0.1, 0.15) is 20.3 Å². The van der Waals surface area contributed by atoms with Gasteiger partial charge in [0.1, 0.15) is 0 Å². The molecule has 0 fully saturated rings. The first-order chi connectivity index (χ1) is 7.69. The molecule has 0 spiro atoms. The second-order valence-corrected chi connectivity index (χ2v) is 4.26. The van der Waals surface area contributed by atoms with Crippen LogP contribution in [-0.2, 0) is 0 Å². The minimum atomic E-state index is 0.651. The molecule has 0 bridgehead atoms. The van der Waals surface area contributed by atoms with Crippen molar-refractivity contribution in [2.45, 2.75) is 20.3 Å². The molecule has 0 aliphatic carbocycles. The molecule has 1 unspecified atom stereocenters. The van der Waals surface area contributed by atoms with Gasteiger partial charge in [-0.05, 0) is 24.1 Å². The molecule has 4 heteroatoms. The lowest BCUT2D eigenvalue weighted by Gasteiger charge is -2.08. The zero-order chi connectivity index (χ0) is 11.5. The predicted octanol–water partition coefficient (Wildman–Crippen LogP) is 2.60. The van der Waals surface area contributed by atoms with Crippen LogP contribution >= 0.6 is 0 Å². The first kappa shape index (κ1) is 10.8. The third-order valence-electron chi connectivity index (χ3n) is 2.82. The third kappa shape index (κ3) is 2.27. The Labute approximate surface area is 95.3 Å². The van der Waals surface area contributed by atoms with Crippen LogP contribution in [0.4, 0.5) is 11.6 Å². The van der Waals surface area contributed by atoms with Gasteiger partial charge in [-0.3, -0.25) is 0 Å². The van der Waals surface area contributed by atoms with Crippen molar-refractivity contribution in [3.63, 3.8) is 0 Å². The van der Waals surface area contributed by atoms with E-state index >= 15 is 0 Å². The van der Waals surface area contributed by atoms with Crippen molar-refractivity contribution in [3.8, 4) is 0 Å². The minimum Gasteiger partial charge on any atom is -0.399 e. The fourth-order valence-corrected chi connectivity index (χ4v) is 1.53. The van der Waals surface area contributed by atoms with Crippen LogP contribution in [0.25, 0.3) is 11.0 Å². The lowest BCUT2D eigenvalue weighted by Crippen LogP contribution is -2.10. The van der Waals surface area contributed by atoms with Crippen molar-refractivity contribution in [1.29, 1.82) is 0 Å². The van der Waals surface area contributed by atoms with E-state index in [0.29, 0.717) is 5.92 Å². The second-order valence-electron chi connectivity index (χ2n) is 4.26. The second kappa shape index (κ2) is 4.43. The Hall–Kier alpha value is -1.71. The number of nitrogens with one attached hydrogen (secondary N) is 2. The maximum Gasteiger partial charge on any atom is 0.201 e. The van der Waals surface area contributed by atoms with Gasteiger partial charge in [0.25, 0.3) is 0 Å². The Morgan fingerprint density at radius 3 is 3.06 bits per heavy atom. The van der Waals surface area contributed by atoms with Crippen molar-refractivity contribution in [2.75, 3.05) is 17.6 Å². The number of nitrogen functional groups attached to an aromatic ring is 1. The molecule has 2 aromatic rings. The number of H-pyrrole nitrogens is 1. The highest BCUT2D eigenvalue weighted by atomic mass is 15.1. The number of rotatable bonds is 4. The van der Waals surface area contributed by atoms with Crippen molar-refractivity contribution >= 4 is 22.7 Å². The summed E-state index contributed by atoms with van der Waals surface area (Å²) in [6.07, 6.45) is 1.17. The number of nitrogens with two attached hydrogens (primary N) is 1. The molecule has 1 aromatic heterocycles. The highest BCUT2D eigenvalue weighted by molar-refractivity contribution is 5.80. The Bertz CT molecular complexity index is 475. The standard InChI is InChI=1S/C12H18N4/c1-3-8(2)7-14-12-15-10-5-4-9(13)6-11(10)16-12/h4-6,8H,3,7,13H2,1-2H3,(H2,14,15,16). The normalized spacial score (nSPS) is 12.9. The van der Waals surface area contributed by atoms with E-state index < -0.39 is 0 Å². The SMILES string of the molecule is CCC(C)CNc1nc2ccc(N)cc2[nH]1. The number of imidazole rings is 1. The number of aromatic nitrogens is 2. The number of hydrogen-bond donors (Lipinski definition) is 3. The number of anilines is 2. The molecule has 0 radical (unpaired) electrons. The molecular formula is C12H18N4. The molecule has 0 aliphatic heterocycles. The first-order valence-corrected chi connectivity index (χ1v) is 5.68. The largest absolute Gasteiger partial charge is 0.399 e. The topological polar surface area (TPSA) is 66.7 Å². The number of benzene rings is 1. The van der Waals surface area contributed by atoms with E-state index in [0.717, 1.165) is 29.2 Å². The Kier molecular flexibility index (Phi) is 2.99. The molecular weight excluding hydrogens is 200 g/mol. The van der Waals surface area contributed by atoms with Crippen LogP contribution in [0.15, 0.2) is 18.2 Å². The highest BCUT2D eigenvalue weighted by Crippen LogP contribution is 2.17. The molecule has 0 aliphatic rings. The fraction of sp³-hybridized carbons (Fsp3) is 0.417. The van der Waals surface area contributed by atoms with Gasteiger partial charge in [0.2, 0.25) is 5.95 Å². The van der Waals surface area contributed by atoms with Gasteiger partial charge in [-0.25, -0.2) is 4.98 Å². The Morgan fingerprint density at radius 1 is 1.50 bits per heavy atom. The van der Waals surface area contributed by atoms with Crippen LogP contribution in [0.5, 0.6) is 0 Å². The number of aromatic amines is 1. The molecule has 2 rings (SSSR count). The monoisotopic (exact) mass is 218 g/mol. The number of hydrogen-bond acceptors (Lipinski definition) is 3. The summed E-state index contributed by atoms with van der Waals surface area (Å²) >= 11 is 0. The Balaban J connectivity index is 2.13. The number of fused-ring (bicyclic) bond motifs is 1. The molecule has 0 amide bonds. The van der Waals surface area contributed by atoms with Crippen molar-refractivity contribution < 1.29 is 0 Å². The van der Waals surface area contributed by atoms with Crippen LogP contribution in [0.3, 0.4) is 0 Å². The molecule has 0 saturated heterocycles. The van der Waals surface area contributed by atoms with Gasteiger partial charge in [0.05, 0.1) is 11.0 Å². The van der Waals surface area contributed by atoms with E-state index in [9.17, 15) is 0 Å². The van der Waals surface area contributed by atoms with Crippen LogP contribution in [0, 0.1) is 5.92 Å². The Morgan fingerprint density at radius 2 is 2.31 bits per heavy atom. The quantitative estimate of drug-likeness (QED) is 0.691. The van der Waals surface area contributed by atoms with E-state index in [-0.39, 0.29) is 0 Å². The summed E-state index contributed by atoms with van der Waals surface area (Å²) in [5.41, 5.74) is 8.39. The van der Waals surface area contributed by atoms with Gasteiger partial charge in [-0.15, -0.1) is 0 Å². The van der Waals surface area contributed by atoms with E-state index in [4.69, 9.17) is 5.73 Å². The molecule has 1 atom stereocenters. The van der Waals surface area contributed by atoms with Gasteiger partial charge >= 0.3 is 0 Å². The highest BCUT2D eigenvalue weighted by Gasteiger charge is 2.03. The van der Waals surface area contributed by atoms with Crippen molar-refractivity contribution in [2.24, 2.45) is 5.92 Å². The first-order valence-electron chi connectivity index (χ1n) is 5.68. The molecule has 86 valence electrons. The summed E-state index contributed by atoms with van der Waals surface area (Å²) in [5, 5.41) is 3.30. The van der Waals surface area contributed by atoms with E-state index in [1.54, 1.807) is 0 Å². The summed E-state index contributed by atoms with van der Waals surface area (Å²) < 4.78 is 0. The molecule has 16 heavy (non-hydrogen) atoms. The maximum atomic E-state index is 5.71. The lowest BCUT2D eigenvalue weighted by atomic mass is 10.1. The van der Waals surface area contributed by atoms with Crippen LogP contribution in [-0.4, -0.2) is 16.5 Å². The average Bonchev–Trinajstić information content (AvgIpc) is 2.67.